The molecule has 2 N–H and O–H groups in total. The summed E-state index contributed by atoms with van der Waals surface area (Å²) in [5.74, 6) is -2.23. The maximum atomic E-state index is 11.7. The molecule has 0 aliphatic heterocycles. The zero-order valence-electron chi connectivity index (χ0n) is 9.88. The number of nitro groups is 1. The molecule has 0 saturated heterocycles. The number of nitrogens with two attached hydrogens (primary N) is 1. The molecule has 1 aromatic carbocycles. The van der Waals surface area contributed by atoms with Gasteiger partial charge in [-0.25, -0.2) is 4.79 Å². The lowest BCUT2D eigenvalue weighted by Crippen LogP contribution is -2.50. The van der Waals surface area contributed by atoms with Crippen LogP contribution in [-0.4, -0.2) is 23.8 Å². The standard InChI is InChI=1S/C11H12N2O5/c1-7(14)11(13(16)17,10(15)18-2)8-5-3-4-6-9(8)12/h3-6H,12H2,1-2H3. The average molecular weight is 252 g/mol. The molecule has 0 spiro atoms. The molecule has 0 aliphatic rings. The van der Waals surface area contributed by atoms with Crippen LogP contribution in [0.2, 0.25) is 0 Å². The van der Waals surface area contributed by atoms with Crippen molar-refractivity contribution in [2.45, 2.75) is 12.5 Å². The molecule has 0 aliphatic carbocycles. The molecule has 0 aromatic heterocycles. The maximum Gasteiger partial charge on any atom is 0.400 e. The van der Waals surface area contributed by atoms with Gasteiger partial charge in [0, 0.05) is 12.6 Å². The van der Waals surface area contributed by atoms with Crippen molar-refractivity contribution < 1.29 is 19.2 Å². The molecular formula is C11H12N2O5. The second kappa shape index (κ2) is 4.82. The van der Waals surface area contributed by atoms with Crippen LogP contribution in [0.4, 0.5) is 5.69 Å². The monoisotopic (exact) mass is 252 g/mol. The number of ketones is 1. The normalized spacial score (nSPS) is 13.4. The molecule has 0 heterocycles. The molecule has 1 rings (SSSR count). The number of hydrogen-bond donors (Lipinski definition) is 1. The molecule has 0 bridgehead atoms. The molecule has 7 heteroatoms. The van der Waals surface area contributed by atoms with E-state index >= 15 is 0 Å². The zero-order valence-corrected chi connectivity index (χ0v) is 9.88. The number of para-hydroxylation sites is 1. The van der Waals surface area contributed by atoms with Gasteiger partial charge in [-0.2, -0.15) is 0 Å². The van der Waals surface area contributed by atoms with Gasteiger partial charge in [0.2, 0.25) is 5.78 Å². The SMILES string of the molecule is COC(=O)C(C(C)=O)(c1ccccc1N)[N+](=O)[O-]. The van der Waals surface area contributed by atoms with Crippen molar-refractivity contribution in [2.24, 2.45) is 0 Å². The first-order chi connectivity index (χ1) is 8.38. The number of hydrogen-bond acceptors (Lipinski definition) is 6. The van der Waals surface area contributed by atoms with Gasteiger partial charge < -0.3 is 10.5 Å². The number of esters is 1. The number of rotatable bonds is 4. The van der Waals surface area contributed by atoms with Crippen LogP contribution in [0.15, 0.2) is 24.3 Å². The van der Waals surface area contributed by atoms with Gasteiger partial charge in [-0.3, -0.25) is 14.9 Å². The molecule has 0 radical (unpaired) electrons. The van der Waals surface area contributed by atoms with Gasteiger partial charge >= 0.3 is 11.5 Å². The van der Waals surface area contributed by atoms with Gasteiger partial charge in [0.1, 0.15) is 0 Å². The highest BCUT2D eigenvalue weighted by atomic mass is 16.6. The largest absolute Gasteiger partial charge is 0.463 e. The number of anilines is 1. The Kier molecular flexibility index (Phi) is 3.65. The van der Waals surface area contributed by atoms with Crippen LogP contribution in [0.3, 0.4) is 0 Å². The van der Waals surface area contributed by atoms with Crippen molar-refractivity contribution >= 4 is 17.4 Å². The van der Waals surface area contributed by atoms with Gasteiger partial charge in [0.05, 0.1) is 17.6 Å². The van der Waals surface area contributed by atoms with E-state index in [4.69, 9.17) is 5.73 Å². The Morgan fingerprint density at radius 2 is 1.94 bits per heavy atom. The second-order valence-electron chi connectivity index (χ2n) is 3.60. The Labute approximate surface area is 103 Å². The molecule has 1 aromatic rings. The molecule has 18 heavy (non-hydrogen) atoms. The molecule has 7 nitrogen and oxygen atoms in total. The highest BCUT2D eigenvalue weighted by molar-refractivity contribution is 6.07. The van der Waals surface area contributed by atoms with Gasteiger partial charge in [0.15, 0.2) is 0 Å². The fourth-order valence-electron chi connectivity index (χ4n) is 1.72. The molecule has 0 amide bonds. The molecule has 0 fully saturated rings. The highest BCUT2D eigenvalue weighted by Gasteiger charge is 2.60. The minimum atomic E-state index is -2.61. The number of nitrogens with zero attached hydrogens (tertiary/aromatic N) is 1. The van der Waals surface area contributed by atoms with Gasteiger partial charge in [-0.15, -0.1) is 0 Å². The molecule has 0 saturated carbocycles. The van der Waals surface area contributed by atoms with Crippen LogP contribution in [0, 0.1) is 10.1 Å². The van der Waals surface area contributed by atoms with Crippen LogP contribution in [0.1, 0.15) is 12.5 Å². The van der Waals surface area contributed by atoms with E-state index in [1.807, 2.05) is 0 Å². The van der Waals surface area contributed by atoms with E-state index < -0.39 is 22.2 Å². The number of nitrogen functional groups attached to an aromatic ring is 1. The summed E-state index contributed by atoms with van der Waals surface area (Å²) in [6.45, 7) is 0.951. The number of ether oxygens (including phenoxy) is 1. The summed E-state index contributed by atoms with van der Waals surface area (Å²) in [6, 6.07) is 5.63. The molecule has 1 unspecified atom stereocenters. The number of Topliss-reactive ketones (excluding diaryl/α,β-unsaturated/α-hetero) is 1. The Balaban J connectivity index is 3.66. The summed E-state index contributed by atoms with van der Waals surface area (Å²) in [6.07, 6.45) is 0. The van der Waals surface area contributed by atoms with Gasteiger partial charge in [-0.1, -0.05) is 12.1 Å². The lowest BCUT2D eigenvalue weighted by Gasteiger charge is -2.21. The Hall–Kier alpha value is -2.44. The van der Waals surface area contributed by atoms with E-state index in [2.05, 4.69) is 4.74 Å². The van der Waals surface area contributed by atoms with Crippen LogP contribution >= 0.6 is 0 Å². The Morgan fingerprint density at radius 1 is 1.39 bits per heavy atom. The topological polar surface area (TPSA) is 113 Å². The fraction of sp³-hybridized carbons (Fsp3) is 0.273. The summed E-state index contributed by atoms with van der Waals surface area (Å²) < 4.78 is 4.39. The summed E-state index contributed by atoms with van der Waals surface area (Å²) in [5.41, 5.74) is 2.79. The van der Waals surface area contributed by atoms with E-state index in [0.717, 1.165) is 14.0 Å². The fourth-order valence-corrected chi connectivity index (χ4v) is 1.72. The van der Waals surface area contributed by atoms with Gasteiger partial charge in [-0.05, 0) is 12.1 Å². The molecule has 96 valence electrons. The zero-order chi connectivity index (χ0) is 13.9. The number of carbonyl (C=O) groups excluding carboxylic acids is 2. The van der Waals surface area contributed by atoms with E-state index in [1.54, 1.807) is 6.07 Å². The maximum absolute atomic E-state index is 11.7. The first-order valence-corrected chi connectivity index (χ1v) is 4.98. The number of methoxy groups -OCH3 is 1. The highest BCUT2D eigenvalue weighted by Crippen LogP contribution is 2.32. The van der Waals surface area contributed by atoms with Crippen LogP contribution in [0.5, 0.6) is 0 Å². The van der Waals surface area contributed by atoms with Crippen LogP contribution in [-0.2, 0) is 19.9 Å². The first kappa shape index (κ1) is 13.6. The Bertz CT molecular complexity index is 498. The first-order valence-electron chi connectivity index (χ1n) is 4.98. The van der Waals surface area contributed by atoms with E-state index in [0.29, 0.717) is 0 Å². The average Bonchev–Trinajstić information content (AvgIpc) is 2.31. The summed E-state index contributed by atoms with van der Waals surface area (Å²) >= 11 is 0. The second-order valence-corrected chi connectivity index (χ2v) is 3.60. The smallest absolute Gasteiger partial charge is 0.400 e. The van der Waals surface area contributed by atoms with Crippen molar-refractivity contribution in [3.05, 3.63) is 39.9 Å². The minimum Gasteiger partial charge on any atom is -0.463 e. The van der Waals surface area contributed by atoms with Crippen LogP contribution < -0.4 is 5.73 Å². The van der Waals surface area contributed by atoms with Crippen molar-refractivity contribution in [1.29, 1.82) is 0 Å². The van der Waals surface area contributed by atoms with Crippen molar-refractivity contribution in [3.63, 3.8) is 0 Å². The predicted molar refractivity (Wildman–Crippen MR) is 62.2 cm³/mol. The van der Waals surface area contributed by atoms with Crippen LogP contribution in [0.25, 0.3) is 0 Å². The van der Waals surface area contributed by atoms with Crippen molar-refractivity contribution in [1.82, 2.24) is 0 Å². The third-order valence-electron chi connectivity index (χ3n) is 2.61. The third-order valence-corrected chi connectivity index (χ3v) is 2.61. The quantitative estimate of drug-likeness (QED) is 0.274. The summed E-state index contributed by atoms with van der Waals surface area (Å²) in [5, 5.41) is 11.2. The molecular weight excluding hydrogens is 240 g/mol. The summed E-state index contributed by atoms with van der Waals surface area (Å²) in [4.78, 5) is 33.7. The number of carbonyl (C=O) groups is 2. The lowest BCUT2D eigenvalue weighted by atomic mass is 9.85. The van der Waals surface area contributed by atoms with E-state index in [-0.39, 0.29) is 11.3 Å². The van der Waals surface area contributed by atoms with E-state index in [9.17, 15) is 19.7 Å². The number of benzene rings is 1. The lowest BCUT2D eigenvalue weighted by molar-refractivity contribution is -0.546. The summed E-state index contributed by atoms with van der Waals surface area (Å²) in [7, 11) is 0.975. The van der Waals surface area contributed by atoms with Crippen molar-refractivity contribution in [2.75, 3.05) is 12.8 Å². The van der Waals surface area contributed by atoms with E-state index in [1.165, 1.54) is 18.2 Å². The third kappa shape index (κ3) is 1.79. The van der Waals surface area contributed by atoms with Gasteiger partial charge in [0.25, 0.3) is 0 Å². The predicted octanol–water partition coefficient (Wildman–Crippen LogP) is 0.503. The van der Waals surface area contributed by atoms with Crippen molar-refractivity contribution in [3.8, 4) is 0 Å². The minimum absolute atomic E-state index is 0.0187. The Morgan fingerprint density at radius 3 is 2.33 bits per heavy atom. The molecule has 1 atom stereocenters.